The van der Waals surface area contributed by atoms with E-state index in [9.17, 15) is 0 Å². The SMILES string of the molecule is CCNC(Cc1sccc1Br)c1ccc(C)o1. The Morgan fingerprint density at radius 1 is 1.41 bits per heavy atom. The average molecular weight is 314 g/mol. The maximum Gasteiger partial charge on any atom is 0.121 e. The van der Waals surface area contributed by atoms with Gasteiger partial charge in [0, 0.05) is 15.8 Å². The van der Waals surface area contributed by atoms with Gasteiger partial charge >= 0.3 is 0 Å². The number of hydrogen-bond donors (Lipinski definition) is 1. The minimum Gasteiger partial charge on any atom is -0.465 e. The Kier molecular flexibility index (Phi) is 4.42. The molecule has 4 heteroatoms. The van der Waals surface area contributed by atoms with Crippen molar-refractivity contribution in [1.82, 2.24) is 5.32 Å². The molecule has 0 fully saturated rings. The second kappa shape index (κ2) is 5.85. The second-order valence-electron chi connectivity index (χ2n) is 3.95. The number of aryl methyl sites for hydroxylation is 1. The van der Waals surface area contributed by atoms with Gasteiger partial charge in [-0.3, -0.25) is 0 Å². The summed E-state index contributed by atoms with van der Waals surface area (Å²) in [7, 11) is 0. The molecule has 17 heavy (non-hydrogen) atoms. The van der Waals surface area contributed by atoms with Crippen molar-refractivity contribution in [2.24, 2.45) is 0 Å². The number of rotatable bonds is 5. The number of furan rings is 1. The van der Waals surface area contributed by atoms with E-state index in [4.69, 9.17) is 4.42 Å². The Morgan fingerprint density at radius 3 is 2.76 bits per heavy atom. The van der Waals surface area contributed by atoms with Crippen LogP contribution in [0.15, 0.2) is 32.5 Å². The molecule has 0 aliphatic carbocycles. The van der Waals surface area contributed by atoms with E-state index in [1.807, 2.05) is 13.0 Å². The van der Waals surface area contributed by atoms with E-state index in [0.29, 0.717) is 0 Å². The summed E-state index contributed by atoms with van der Waals surface area (Å²) >= 11 is 5.35. The van der Waals surface area contributed by atoms with Crippen molar-refractivity contribution in [3.63, 3.8) is 0 Å². The quantitative estimate of drug-likeness (QED) is 0.890. The predicted octanol–water partition coefficient (Wildman–Crippen LogP) is 4.31. The van der Waals surface area contributed by atoms with Gasteiger partial charge in [-0.05, 0) is 53.0 Å². The molecule has 0 saturated heterocycles. The van der Waals surface area contributed by atoms with E-state index in [2.05, 4.69) is 45.7 Å². The highest BCUT2D eigenvalue weighted by molar-refractivity contribution is 9.10. The van der Waals surface area contributed by atoms with Crippen LogP contribution in [-0.2, 0) is 6.42 Å². The van der Waals surface area contributed by atoms with E-state index in [1.165, 1.54) is 9.35 Å². The van der Waals surface area contributed by atoms with Gasteiger partial charge in [-0.2, -0.15) is 0 Å². The van der Waals surface area contributed by atoms with Gasteiger partial charge in [-0.1, -0.05) is 6.92 Å². The largest absolute Gasteiger partial charge is 0.465 e. The zero-order valence-corrected chi connectivity index (χ0v) is 12.4. The van der Waals surface area contributed by atoms with Crippen LogP contribution in [0.5, 0.6) is 0 Å². The van der Waals surface area contributed by atoms with Crippen LogP contribution in [0.3, 0.4) is 0 Å². The first-order valence-corrected chi connectivity index (χ1v) is 7.39. The number of nitrogens with one attached hydrogen (secondary N) is 1. The van der Waals surface area contributed by atoms with Crippen molar-refractivity contribution in [3.8, 4) is 0 Å². The van der Waals surface area contributed by atoms with Crippen molar-refractivity contribution in [1.29, 1.82) is 0 Å². The Morgan fingerprint density at radius 2 is 2.24 bits per heavy atom. The van der Waals surface area contributed by atoms with Gasteiger partial charge in [0.15, 0.2) is 0 Å². The molecule has 2 nitrogen and oxygen atoms in total. The first kappa shape index (κ1) is 12.9. The van der Waals surface area contributed by atoms with Gasteiger partial charge in [0.05, 0.1) is 6.04 Å². The molecule has 0 aromatic carbocycles. The fraction of sp³-hybridized carbons (Fsp3) is 0.385. The fourth-order valence-electron chi connectivity index (χ4n) is 1.82. The maximum absolute atomic E-state index is 5.71. The number of thiophene rings is 1. The summed E-state index contributed by atoms with van der Waals surface area (Å²) in [6, 6.07) is 6.42. The average Bonchev–Trinajstić information content (AvgIpc) is 2.88. The molecular formula is C13H16BrNOS. The number of halogens is 1. The van der Waals surface area contributed by atoms with Crippen LogP contribution < -0.4 is 5.32 Å². The zero-order chi connectivity index (χ0) is 12.3. The van der Waals surface area contributed by atoms with E-state index in [1.54, 1.807) is 11.3 Å². The molecule has 0 bridgehead atoms. The molecule has 2 aromatic heterocycles. The van der Waals surface area contributed by atoms with Crippen LogP contribution in [-0.4, -0.2) is 6.54 Å². The van der Waals surface area contributed by atoms with Crippen LogP contribution >= 0.6 is 27.3 Å². The first-order chi connectivity index (χ1) is 8.20. The maximum atomic E-state index is 5.71. The molecule has 1 N–H and O–H groups in total. The van der Waals surface area contributed by atoms with Crippen molar-refractivity contribution >= 4 is 27.3 Å². The van der Waals surface area contributed by atoms with Gasteiger partial charge in [-0.25, -0.2) is 0 Å². The fourth-order valence-corrected chi connectivity index (χ4v) is 3.38. The summed E-state index contributed by atoms with van der Waals surface area (Å²) in [6.07, 6.45) is 0.957. The molecule has 92 valence electrons. The third-order valence-electron chi connectivity index (χ3n) is 2.64. The molecule has 0 aliphatic rings. The van der Waals surface area contributed by atoms with E-state index < -0.39 is 0 Å². The monoisotopic (exact) mass is 313 g/mol. The molecule has 1 atom stereocenters. The molecule has 1 unspecified atom stereocenters. The molecule has 0 aliphatic heterocycles. The molecule has 0 saturated carbocycles. The Bertz CT molecular complexity index is 477. The van der Waals surface area contributed by atoms with Crippen molar-refractivity contribution in [2.75, 3.05) is 6.54 Å². The first-order valence-electron chi connectivity index (χ1n) is 5.72. The minimum atomic E-state index is 0.253. The van der Waals surface area contributed by atoms with Crippen LogP contribution in [0.4, 0.5) is 0 Å². The summed E-state index contributed by atoms with van der Waals surface area (Å²) < 4.78 is 6.90. The van der Waals surface area contributed by atoms with Gasteiger partial charge in [0.1, 0.15) is 11.5 Å². The highest BCUT2D eigenvalue weighted by atomic mass is 79.9. The van der Waals surface area contributed by atoms with E-state index in [-0.39, 0.29) is 6.04 Å². The summed E-state index contributed by atoms with van der Waals surface area (Å²) in [6.45, 7) is 5.03. The van der Waals surface area contributed by atoms with Gasteiger partial charge in [-0.15, -0.1) is 11.3 Å². The predicted molar refractivity (Wildman–Crippen MR) is 75.6 cm³/mol. The standard InChI is InChI=1S/C13H16BrNOS/c1-3-15-11(12-5-4-9(2)16-12)8-13-10(14)6-7-17-13/h4-7,11,15H,3,8H2,1-2H3. The van der Waals surface area contributed by atoms with Crippen molar-refractivity contribution in [3.05, 3.63) is 44.4 Å². The van der Waals surface area contributed by atoms with Crippen molar-refractivity contribution in [2.45, 2.75) is 26.3 Å². The number of hydrogen-bond acceptors (Lipinski definition) is 3. The molecule has 2 aromatic rings. The highest BCUT2D eigenvalue weighted by Crippen LogP contribution is 2.28. The number of likely N-dealkylation sites (N-methyl/N-ethyl adjacent to an activating group) is 1. The summed E-state index contributed by atoms with van der Waals surface area (Å²) in [5, 5.41) is 5.58. The van der Waals surface area contributed by atoms with Crippen molar-refractivity contribution < 1.29 is 4.42 Å². The van der Waals surface area contributed by atoms with Crippen LogP contribution in [0.1, 0.15) is 29.4 Å². The van der Waals surface area contributed by atoms with E-state index in [0.717, 1.165) is 24.5 Å². The second-order valence-corrected chi connectivity index (χ2v) is 5.81. The normalized spacial score (nSPS) is 12.9. The third-order valence-corrected chi connectivity index (χ3v) is 4.58. The molecule has 0 amide bonds. The molecule has 0 spiro atoms. The molecule has 2 heterocycles. The van der Waals surface area contributed by atoms with Gasteiger partial charge in [0.2, 0.25) is 0 Å². The zero-order valence-electron chi connectivity index (χ0n) is 10.00. The Hall–Kier alpha value is -0.580. The topological polar surface area (TPSA) is 25.2 Å². The molecule has 0 radical (unpaired) electrons. The van der Waals surface area contributed by atoms with Gasteiger partial charge in [0.25, 0.3) is 0 Å². The Balaban J connectivity index is 2.15. The Labute approximate surface area is 114 Å². The van der Waals surface area contributed by atoms with Crippen LogP contribution in [0.25, 0.3) is 0 Å². The van der Waals surface area contributed by atoms with Crippen LogP contribution in [0, 0.1) is 6.92 Å². The van der Waals surface area contributed by atoms with Crippen LogP contribution in [0.2, 0.25) is 0 Å². The minimum absolute atomic E-state index is 0.253. The lowest BCUT2D eigenvalue weighted by Gasteiger charge is -2.14. The lowest BCUT2D eigenvalue weighted by molar-refractivity contribution is 0.404. The third kappa shape index (κ3) is 3.21. The summed E-state index contributed by atoms with van der Waals surface area (Å²) in [5.41, 5.74) is 0. The molecule has 2 rings (SSSR count). The summed E-state index contributed by atoms with van der Waals surface area (Å²) in [4.78, 5) is 1.35. The molecular weight excluding hydrogens is 298 g/mol. The van der Waals surface area contributed by atoms with E-state index >= 15 is 0 Å². The lowest BCUT2D eigenvalue weighted by atomic mass is 10.1. The smallest absolute Gasteiger partial charge is 0.121 e. The summed E-state index contributed by atoms with van der Waals surface area (Å²) in [5.74, 6) is 1.98. The lowest BCUT2D eigenvalue weighted by Crippen LogP contribution is -2.22. The van der Waals surface area contributed by atoms with Gasteiger partial charge < -0.3 is 9.73 Å². The highest BCUT2D eigenvalue weighted by Gasteiger charge is 2.16.